The van der Waals surface area contributed by atoms with Crippen molar-refractivity contribution in [3.8, 4) is 11.5 Å². The first kappa shape index (κ1) is 19.5. The van der Waals surface area contributed by atoms with E-state index in [1.165, 1.54) is 0 Å². The van der Waals surface area contributed by atoms with Gasteiger partial charge in [0.25, 0.3) is 0 Å². The zero-order valence-corrected chi connectivity index (χ0v) is 15.7. The Hall–Kier alpha value is -2.81. The van der Waals surface area contributed by atoms with Crippen molar-refractivity contribution in [1.29, 1.82) is 0 Å². The van der Waals surface area contributed by atoms with Crippen LogP contribution in [-0.2, 0) is 14.2 Å². The van der Waals surface area contributed by atoms with Crippen LogP contribution in [0.15, 0.2) is 59.7 Å². The van der Waals surface area contributed by atoms with Crippen molar-refractivity contribution < 1.29 is 28.8 Å². The molecule has 4 rings (SSSR count). The minimum absolute atomic E-state index is 0.201. The van der Waals surface area contributed by atoms with Crippen LogP contribution in [-0.4, -0.2) is 49.5 Å². The van der Waals surface area contributed by atoms with E-state index in [4.69, 9.17) is 29.2 Å². The highest BCUT2D eigenvalue weighted by atomic mass is 16.7. The highest BCUT2D eigenvalue weighted by Crippen LogP contribution is 2.35. The van der Waals surface area contributed by atoms with Crippen LogP contribution in [0.3, 0.4) is 0 Å². The van der Waals surface area contributed by atoms with Gasteiger partial charge in [-0.15, -0.1) is 0 Å². The number of fused-ring (bicyclic) bond motifs is 1. The molecule has 2 aliphatic heterocycles. The quantitative estimate of drug-likeness (QED) is 0.470. The summed E-state index contributed by atoms with van der Waals surface area (Å²) in [7, 11) is 1.57. The average molecular weight is 399 g/mol. The number of azide groups is 1. The van der Waals surface area contributed by atoms with Gasteiger partial charge >= 0.3 is 0 Å². The molecule has 0 aromatic heterocycles. The maximum Gasteiger partial charge on any atom is 0.211 e. The lowest BCUT2D eigenvalue weighted by Gasteiger charge is -2.46. The van der Waals surface area contributed by atoms with Gasteiger partial charge in [0.1, 0.15) is 29.7 Å². The van der Waals surface area contributed by atoms with Crippen LogP contribution < -0.4 is 9.47 Å². The van der Waals surface area contributed by atoms with Gasteiger partial charge in [-0.2, -0.15) is 0 Å². The molecule has 9 heteroatoms. The van der Waals surface area contributed by atoms with Crippen LogP contribution >= 0.6 is 0 Å². The third-order valence-corrected chi connectivity index (χ3v) is 4.90. The molecule has 2 aromatic rings. The van der Waals surface area contributed by atoms with Crippen LogP contribution in [0.4, 0.5) is 0 Å². The Morgan fingerprint density at radius 3 is 2.48 bits per heavy atom. The molecule has 0 unspecified atom stereocenters. The minimum Gasteiger partial charge on any atom is -0.497 e. The van der Waals surface area contributed by atoms with Crippen molar-refractivity contribution in [2.24, 2.45) is 5.11 Å². The maximum atomic E-state index is 10.9. The van der Waals surface area contributed by atoms with Crippen molar-refractivity contribution in [2.75, 3.05) is 13.7 Å². The molecule has 0 saturated carbocycles. The molecule has 0 amide bonds. The molecule has 0 bridgehead atoms. The smallest absolute Gasteiger partial charge is 0.211 e. The number of nitrogens with zero attached hydrogens (tertiary/aromatic N) is 3. The number of benzene rings is 2. The van der Waals surface area contributed by atoms with Crippen molar-refractivity contribution >= 4 is 0 Å². The fourth-order valence-electron chi connectivity index (χ4n) is 3.43. The normalized spacial score (nSPS) is 31.2. The van der Waals surface area contributed by atoms with Crippen LogP contribution in [0.25, 0.3) is 10.4 Å². The van der Waals surface area contributed by atoms with E-state index in [-0.39, 0.29) is 6.61 Å². The van der Waals surface area contributed by atoms with Crippen molar-refractivity contribution in [2.45, 2.75) is 36.9 Å². The molecular weight excluding hydrogens is 378 g/mol. The molecule has 2 aromatic carbocycles. The van der Waals surface area contributed by atoms with Crippen LogP contribution in [0.5, 0.6) is 11.5 Å². The summed E-state index contributed by atoms with van der Waals surface area (Å²) >= 11 is 0. The first-order valence-electron chi connectivity index (χ1n) is 9.20. The van der Waals surface area contributed by atoms with Gasteiger partial charge in [-0.3, -0.25) is 0 Å². The second-order valence-corrected chi connectivity index (χ2v) is 6.70. The number of hydrogen-bond acceptors (Lipinski definition) is 7. The Morgan fingerprint density at radius 1 is 1.07 bits per heavy atom. The summed E-state index contributed by atoms with van der Waals surface area (Å²) in [5, 5.41) is 14.6. The van der Waals surface area contributed by atoms with E-state index in [0.29, 0.717) is 11.5 Å². The van der Waals surface area contributed by atoms with Crippen molar-refractivity contribution in [3.63, 3.8) is 0 Å². The summed E-state index contributed by atoms with van der Waals surface area (Å²) < 4.78 is 28.6. The second kappa shape index (κ2) is 8.69. The second-order valence-electron chi connectivity index (χ2n) is 6.70. The molecule has 1 N–H and O–H groups in total. The van der Waals surface area contributed by atoms with E-state index in [0.717, 1.165) is 5.56 Å². The van der Waals surface area contributed by atoms with Gasteiger partial charge in [0.05, 0.1) is 19.8 Å². The molecule has 152 valence electrons. The number of hydrogen-bond donors (Lipinski definition) is 1. The van der Waals surface area contributed by atoms with Gasteiger partial charge in [0.15, 0.2) is 6.29 Å². The van der Waals surface area contributed by atoms with Crippen molar-refractivity contribution in [1.82, 2.24) is 0 Å². The fourth-order valence-corrected chi connectivity index (χ4v) is 3.43. The molecule has 2 aliphatic rings. The lowest BCUT2D eigenvalue weighted by Crippen LogP contribution is -2.62. The predicted molar refractivity (Wildman–Crippen MR) is 101 cm³/mol. The van der Waals surface area contributed by atoms with E-state index >= 15 is 0 Å². The highest BCUT2D eigenvalue weighted by Gasteiger charge is 2.50. The molecule has 0 radical (unpaired) electrons. The summed E-state index contributed by atoms with van der Waals surface area (Å²) in [6.45, 7) is 0.201. The molecule has 6 atom stereocenters. The third-order valence-electron chi connectivity index (χ3n) is 4.90. The molecule has 9 nitrogen and oxygen atoms in total. The summed E-state index contributed by atoms with van der Waals surface area (Å²) in [6.07, 6.45) is -4.04. The molecule has 0 spiro atoms. The number of aliphatic hydroxyl groups excluding tert-OH is 1. The van der Waals surface area contributed by atoms with E-state index < -0.39 is 36.9 Å². The van der Waals surface area contributed by atoms with Crippen molar-refractivity contribution in [3.05, 3.63) is 70.6 Å². The van der Waals surface area contributed by atoms with Gasteiger partial charge in [0, 0.05) is 10.5 Å². The minimum atomic E-state index is -1.12. The van der Waals surface area contributed by atoms with E-state index in [9.17, 15) is 5.11 Å². The van der Waals surface area contributed by atoms with E-state index in [1.807, 2.05) is 30.3 Å². The Kier molecular flexibility index (Phi) is 5.84. The number of rotatable bonds is 5. The van der Waals surface area contributed by atoms with Crippen LogP contribution in [0.1, 0.15) is 11.9 Å². The zero-order valence-electron chi connectivity index (χ0n) is 15.7. The summed E-state index contributed by atoms with van der Waals surface area (Å²) in [4.78, 5) is 2.84. The molecule has 2 fully saturated rings. The standard InChI is InChI=1S/C20H21N3O6/c1-25-13-7-9-14(10-8-13)27-20-16(22-23-21)17(24)18-15(28-20)11-26-19(29-18)12-5-3-2-4-6-12/h2-10,15-20,24H,11H2,1H3/t15-,16-,17-,18-,19-,20-/m1/s1. The molecule has 2 heterocycles. The lowest BCUT2D eigenvalue weighted by atomic mass is 9.96. The molecule has 29 heavy (non-hydrogen) atoms. The van der Waals surface area contributed by atoms with Gasteiger partial charge in [0.2, 0.25) is 6.29 Å². The van der Waals surface area contributed by atoms with Gasteiger partial charge in [-0.05, 0) is 29.8 Å². The monoisotopic (exact) mass is 399 g/mol. The summed E-state index contributed by atoms with van der Waals surface area (Å²) in [5.74, 6) is 1.16. The first-order chi connectivity index (χ1) is 14.2. The molecule has 0 aliphatic carbocycles. The Morgan fingerprint density at radius 2 is 1.79 bits per heavy atom. The summed E-state index contributed by atoms with van der Waals surface area (Å²) in [6, 6.07) is 15.3. The van der Waals surface area contributed by atoms with E-state index in [2.05, 4.69) is 10.0 Å². The maximum absolute atomic E-state index is 10.9. The number of aliphatic hydroxyl groups is 1. The Labute approximate surface area is 167 Å². The first-order valence-corrected chi connectivity index (χ1v) is 9.20. The fraction of sp³-hybridized carbons (Fsp3) is 0.400. The molecular formula is C20H21N3O6. The van der Waals surface area contributed by atoms with E-state index in [1.54, 1.807) is 31.4 Å². The van der Waals surface area contributed by atoms with Crippen LogP contribution in [0.2, 0.25) is 0 Å². The Bertz CT molecular complexity index is 858. The Balaban J connectivity index is 1.51. The lowest BCUT2D eigenvalue weighted by molar-refractivity contribution is -0.331. The molecule has 2 saturated heterocycles. The SMILES string of the molecule is COc1ccc(O[C@@H]2O[C@@H]3CO[C@@H](c4ccccc4)O[C@H]3[C@H](O)[C@H]2N=[N+]=[N-])cc1. The predicted octanol–water partition coefficient (Wildman–Crippen LogP) is 2.95. The zero-order chi connectivity index (χ0) is 20.2. The van der Waals surface area contributed by atoms with Crippen LogP contribution in [0, 0.1) is 0 Å². The third kappa shape index (κ3) is 4.14. The van der Waals surface area contributed by atoms with Gasteiger partial charge < -0.3 is 28.8 Å². The topological polar surface area (TPSA) is 115 Å². The largest absolute Gasteiger partial charge is 0.497 e. The van der Waals surface area contributed by atoms with Gasteiger partial charge in [-0.1, -0.05) is 35.4 Å². The van der Waals surface area contributed by atoms with Gasteiger partial charge in [-0.25, -0.2) is 0 Å². The number of ether oxygens (including phenoxy) is 5. The highest BCUT2D eigenvalue weighted by molar-refractivity contribution is 5.31. The number of methoxy groups -OCH3 is 1. The summed E-state index contributed by atoms with van der Waals surface area (Å²) in [5.41, 5.74) is 9.80. The average Bonchev–Trinajstić information content (AvgIpc) is 2.77.